The van der Waals surface area contributed by atoms with E-state index in [1.54, 1.807) is 60.7 Å². The van der Waals surface area contributed by atoms with Crippen LogP contribution in [0.5, 0.6) is 11.5 Å². The smallest absolute Gasteiger partial charge is 0.335 e. The molecule has 0 saturated carbocycles. The molecule has 1 aliphatic heterocycles. The first-order chi connectivity index (χ1) is 20.2. The minimum Gasteiger partial charge on any atom is -0.489 e. The fourth-order valence-electron chi connectivity index (χ4n) is 4.12. The molecule has 0 aromatic heterocycles. The van der Waals surface area contributed by atoms with Crippen molar-refractivity contribution in [2.45, 2.75) is 20.1 Å². The average molecular weight is 666 g/mol. The van der Waals surface area contributed by atoms with E-state index in [1.165, 1.54) is 11.6 Å². The number of amides is 4. The van der Waals surface area contributed by atoms with Crippen LogP contribution in [0, 0.1) is 6.92 Å². The van der Waals surface area contributed by atoms with Crippen LogP contribution in [-0.4, -0.2) is 17.8 Å². The molecule has 212 valence electrons. The number of hydrogen-bond acceptors (Lipinski definition) is 5. The first-order valence-corrected chi connectivity index (χ1v) is 14.3. The second-order valence-electron chi connectivity index (χ2n) is 9.44. The van der Waals surface area contributed by atoms with E-state index in [0.29, 0.717) is 38.2 Å². The van der Waals surface area contributed by atoms with Gasteiger partial charge in [0, 0.05) is 15.6 Å². The largest absolute Gasteiger partial charge is 0.489 e. The van der Waals surface area contributed by atoms with E-state index in [4.69, 9.17) is 32.7 Å². The molecule has 4 amide bonds. The van der Waals surface area contributed by atoms with Crippen LogP contribution in [0.1, 0.15) is 22.3 Å². The van der Waals surface area contributed by atoms with Crippen LogP contribution in [0.3, 0.4) is 0 Å². The number of nitrogens with zero attached hydrogens (tertiary/aromatic N) is 1. The van der Waals surface area contributed by atoms with Crippen molar-refractivity contribution in [2.75, 3.05) is 4.90 Å². The van der Waals surface area contributed by atoms with Gasteiger partial charge >= 0.3 is 6.03 Å². The first-order valence-electron chi connectivity index (χ1n) is 12.7. The fraction of sp³-hybridized carbons (Fsp3) is 0.0938. The summed E-state index contributed by atoms with van der Waals surface area (Å²) < 4.78 is 12.3. The van der Waals surface area contributed by atoms with Gasteiger partial charge in [-0.2, -0.15) is 0 Å². The highest BCUT2D eigenvalue weighted by Gasteiger charge is 2.36. The number of rotatable bonds is 8. The number of aryl methyl sites for hydroxylation is 1. The zero-order valence-corrected chi connectivity index (χ0v) is 25.3. The summed E-state index contributed by atoms with van der Waals surface area (Å²) in [6.07, 6.45) is 1.43. The van der Waals surface area contributed by atoms with Crippen LogP contribution in [0.15, 0.2) is 95.0 Å². The zero-order valence-electron chi connectivity index (χ0n) is 22.2. The molecule has 1 heterocycles. The summed E-state index contributed by atoms with van der Waals surface area (Å²) in [5.41, 5.74) is 3.60. The topological polar surface area (TPSA) is 84.9 Å². The molecule has 0 atom stereocenters. The number of anilines is 1. The summed E-state index contributed by atoms with van der Waals surface area (Å²) in [5.74, 6) is -0.427. The molecule has 4 aromatic carbocycles. The maximum atomic E-state index is 13.3. The lowest BCUT2D eigenvalue weighted by Crippen LogP contribution is -2.54. The Morgan fingerprint density at radius 1 is 0.857 bits per heavy atom. The minimum atomic E-state index is -0.843. The molecule has 1 fully saturated rings. The van der Waals surface area contributed by atoms with Gasteiger partial charge in [-0.15, -0.1) is 0 Å². The first kappa shape index (κ1) is 29.4. The van der Waals surface area contributed by atoms with E-state index in [9.17, 15) is 14.4 Å². The van der Waals surface area contributed by atoms with E-state index >= 15 is 0 Å². The Hall–Kier alpha value is -4.11. The molecule has 1 N–H and O–H groups in total. The van der Waals surface area contributed by atoms with Crippen molar-refractivity contribution in [3.8, 4) is 11.5 Å². The molecule has 0 bridgehead atoms. The third kappa shape index (κ3) is 6.85. The third-order valence-corrected chi connectivity index (χ3v) is 7.59. The molecule has 1 aliphatic rings. The maximum Gasteiger partial charge on any atom is 0.335 e. The molecule has 0 unspecified atom stereocenters. The minimum absolute atomic E-state index is 0.187. The van der Waals surface area contributed by atoms with E-state index in [-0.39, 0.29) is 17.9 Å². The summed E-state index contributed by atoms with van der Waals surface area (Å²) in [7, 11) is 0. The Labute approximate surface area is 260 Å². The zero-order chi connectivity index (χ0) is 29.8. The summed E-state index contributed by atoms with van der Waals surface area (Å²) in [6.45, 7) is 2.61. The number of halogens is 3. The molecule has 0 aliphatic carbocycles. The standard InChI is InChI=1S/C32H23BrCl2N2O5/c1-19-2-4-20(5-3-19)17-42-29-13-6-21(15-27(29)33)14-26-30(38)36-32(40)37(31(26)39)24-9-11-25(12-10-24)41-18-22-7-8-23(34)16-28(22)35/h2-16H,17-18H2,1H3,(H,36,38,40)/b26-14+. The van der Waals surface area contributed by atoms with Crippen LogP contribution in [0.25, 0.3) is 6.08 Å². The van der Waals surface area contributed by atoms with Crippen LogP contribution in [0.4, 0.5) is 10.5 Å². The number of barbiturate groups is 1. The number of ether oxygens (including phenoxy) is 2. The summed E-state index contributed by atoms with van der Waals surface area (Å²) in [4.78, 5) is 39.5. The Bertz CT molecular complexity index is 1710. The van der Waals surface area contributed by atoms with Gasteiger partial charge in [0.1, 0.15) is 30.3 Å². The van der Waals surface area contributed by atoms with Crippen molar-refractivity contribution >= 4 is 68.7 Å². The molecule has 42 heavy (non-hydrogen) atoms. The molecule has 1 saturated heterocycles. The Morgan fingerprint density at radius 2 is 1.60 bits per heavy atom. The highest BCUT2D eigenvalue weighted by Crippen LogP contribution is 2.30. The Balaban J connectivity index is 1.28. The predicted octanol–water partition coefficient (Wildman–Crippen LogP) is 7.89. The Kier molecular flexibility index (Phi) is 8.97. The fourth-order valence-corrected chi connectivity index (χ4v) is 5.09. The SMILES string of the molecule is Cc1ccc(COc2ccc(/C=C3\C(=O)NC(=O)N(c4ccc(OCc5ccc(Cl)cc5Cl)cc4)C3=O)cc2Br)cc1. The van der Waals surface area contributed by atoms with Crippen LogP contribution >= 0.6 is 39.1 Å². The normalized spacial score (nSPS) is 14.2. The van der Waals surface area contributed by atoms with Crippen molar-refractivity contribution in [3.05, 3.63) is 127 Å². The van der Waals surface area contributed by atoms with Crippen molar-refractivity contribution in [3.63, 3.8) is 0 Å². The summed E-state index contributed by atoms with van der Waals surface area (Å²) >= 11 is 15.6. The molecular formula is C32H23BrCl2N2O5. The van der Waals surface area contributed by atoms with Gasteiger partial charge < -0.3 is 9.47 Å². The lowest BCUT2D eigenvalue weighted by Gasteiger charge is -2.26. The van der Waals surface area contributed by atoms with E-state index in [1.807, 2.05) is 31.2 Å². The summed E-state index contributed by atoms with van der Waals surface area (Å²) in [6, 6.07) is 23.9. The van der Waals surface area contributed by atoms with E-state index in [2.05, 4.69) is 21.2 Å². The molecular weight excluding hydrogens is 643 g/mol. The number of nitrogens with one attached hydrogen (secondary N) is 1. The quantitative estimate of drug-likeness (QED) is 0.153. The van der Waals surface area contributed by atoms with Gasteiger partial charge in [-0.1, -0.05) is 65.2 Å². The molecule has 10 heteroatoms. The van der Waals surface area contributed by atoms with E-state index < -0.39 is 17.8 Å². The van der Waals surface area contributed by atoms with E-state index in [0.717, 1.165) is 16.0 Å². The lowest BCUT2D eigenvalue weighted by molar-refractivity contribution is -0.122. The maximum absolute atomic E-state index is 13.3. The third-order valence-electron chi connectivity index (χ3n) is 6.39. The molecule has 4 aromatic rings. The molecule has 7 nitrogen and oxygen atoms in total. The average Bonchev–Trinajstić information content (AvgIpc) is 2.96. The number of imide groups is 2. The highest BCUT2D eigenvalue weighted by molar-refractivity contribution is 9.10. The molecule has 0 spiro atoms. The highest BCUT2D eigenvalue weighted by atomic mass is 79.9. The monoisotopic (exact) mass is 664 g/mol. The van der Waals surface area contributed by atoms with Gasteiger partial charge in [0.25, 0.3) is 11.8 Å². The van der Waals surface area contributed by atoms with Crippen LogP contribution in [0.2, 0.25) is 10.0 Å². The Morgan fingerprint density at radius 3 is 2.29 bits per heavy atom. The van der Waals surface area contributed by atoms with Gasteiger partial charge in [0.05, 0.1) is 10.2 Å². The van der Waals surface area contributed by atoms with Crippen LogP contribution < -0.4 is 19.7 Å². The summed E-state index contributed by atoms with van der Waals surface area (Å²) in [5, 5.41) is 3.24. The predicted molar refractivity (Wildman–Crippen MR) is 166 cm³/mol. The van der Waals surface area contributed by atoms with Crippen molar-refractivity contribution in [1.82, 2.24) is 5.32 Å². The van der Waals surface area contributed by atoms with Gasteiger partial charge in [-0.25, -0.2) is 9.69 Å². The van der Waals surface area contributed by atoms with Crippen molar-refractivity contribution < 1.29 is 23.9 Å². The molecule has 0 radical (unpaired) electrons. The number of benzene rings is 4. The van der Waals surface area contributed by atoms with Crippen molar-refractivity contribution in [1.29, 1.82) is 0 Å². The van der Waals surface area contributed by atoms with Gasteiger partial charge in [-0.05, 0) is 88.6 Å². The second kappa shape index (κ2) is 12.8. The van der Waals surface area contributed by atoms with Gasteiger partial charge in [0.15, 0.2) is 0 Å². The van der Waals surface area contributed by atoms with Gasteiger partial charge in [-0.3, -0.25) is 14.9 Å². The second-order valence-corrected chi connectivity index (χ2v) is 11.1. The lowest BCUT2D eigenvalue weighted by atomic mass is 10.1. The molecule has 5 rings (SSSR count). The van der Waals surface area contributed by atoms with Crippen molar-refractivity contribution in [2.24, 2.45) is 0 Å². The number of carbonyl (C=O) groups is 3. The number of urea groups is 1. The number of carbonyl (C=O) groups excluding carboxylic acids is 3. The van der Waals surface area contributed by atoms with Gasteiger partial charge in [0.2, 0.25) is 0 Å². The number of hydrogen-bond donors (Lipinski definition) is 1. The van der Waals surface area contributed by atoms with Crippen LogP contribution in [-0.2, 0) is 22.8 Å².